The van der Waals surface area contributed by atoms with Crippen LogP contribution in [0.3, 0.4) is 0 Å². The van der Waals surface area contributed by atoms with Gasteiger partial charge in [-0.05, 0) is 32.8 Å². The Morgan fingerprint density at radius 3 is 3.56 bits per heavy atom. The van der Waals surface area contributed by atoms with Crippen molar-refractivity contribution in [3.8, 4) is 0 Å². The molecule has 1 atom stereocenters. The summed E-state index contributed by atoms with van der Waals surface area (Å²) in [5, 5.41) is 8.98. The summed E-state index contributed by atoms with van der Waals surface area (Å²) in [5.74, 6) is 0. The molecular formula is C7H15NO. The highest BCUT2D eigenvalue weighted by atomic mass is 16.3. The van der Waals surface area contributed by atoms with E-state index < -0.39 is 13.5 Å². The van der Waals surface area contributed by atoms with E-state index in [0.717, 1.165) is 6.42 Å². The van der Waals surface area contributed by atoms with Crippen molar-refractivity contribution in [3.63, 3.8) is 0 Å². The first-order chi connectivity index (χ1) is 6.20. The van der Waals surface area contributed by atoms with Gasteiger partial charge in [-0.15, -0.1) is 0 Å². The minimum Gasteiger partial charge on any atom is -0.396 e. The van der Waals surface area contributed by atoms with Gasteiger partial charge in [-0.25, -0.2) is 0 Å². The van der Waals surface area contributed by atoms with Gasteiger partial charge in [0.15, 0.2) is 0 Å². The van der Waals surface area contributed by atoms with Crippen molar-refractivity contribution in [1.82, 2.24) is 4.90 Å². The van der Waals surface area contributed by atoms with E-state index in [0.29, 0.717) is 13.0 Å². The number of likely N-dealkylation sites (tertiary alicyclic amines) is 1. The first-order valence-corrected chi connectivity index (χ1v) is 3.19. The fourth-order valence-electron chi connectivity index (χ4n) is 1.15. The summed E-state index contributed by atoms with van der Waals surface area (Å²) in [7, 11) is 0. The predicted octanol–water partition coefficient (Wildman–Crippen LogP) is 0.463. The van der Waals surface area contributed by atoms with Gasteiger partial charge in [0, 0.05) is 16.7 Å². The predicted molar refractivity (Wildman–Crippen MR) is 37.4 cm³/mol. The normalized spacial score (nSPS) is 40.6. The Morgan fingerprint density at radius 2 is 2.89 bits per heavy atom. The van der Waals surface area contributed by atoms with Crippen LogP contribution in [-0.4, -0.2) is 36.1 Å². The van der Waals surface area contributed by atoms with Crippen molar-refractivity contribution in [1.29, 1.82) is 0 Å². The molecule has 1 saturated heterocycles. The van der Waals surface area contributed by atoms with Gasteiger partial charge in [-0.1, -0.05) is 0 Å². The molecule has 0 radical (unpaired) electrons. The second kappa shape index (κ2) is 3.18. The van der Waals surface area contributed by atoms with Crippen LogP contribution in [0.4, 0.5) is 0 Å². The van der Waals surface area contributed by atoms with E-state index in [4.69, 9.17) is 12.0 Å². The molecular weight excluding hydrogens is 114 g/mol. The van der Waals surface area contributed by atoms with Crippen molar-refractivity contribution >= 4 is 0 Å². The molecule has 0 saturated carbocycles. The van der Waals surface area contributed by atoms with E-state index in [1.54, 1.807) is 0 Å². The van der Waals surface area contributed by atoms with Gasteiger partial charge in [-0.3, -0.25) is 0 Å². The minimum atomic E-state index is -2.28. The van der Waals surface area contributed by atoms with E-state index in [2.05, 4.69) is 0 Å². The molecule has 1 fully saturated rings. The fraction of sp³-hybridized carbons (Fsp3) is 1.00. The molecule has 2 nitrogen and oxygen atoms in total. The Kier molecular flexibility index (Phi) is 1.02. The Bertz CT molecular complexity index is 199. The van der Waals surface area contributed by atoms with Crippen LogP contribution < -0.4 is 0 Å². The molecule has 9 heavy (non-hydrogen) atoms. The van der Waals surface area contributed by atoms with Crippen LogP contribution >= 0.6 is 0 Å². The van der Waals surface area contributed by atoms with Gasteiger partial charge in [0.25, 0.3) is 0 Å². The number of nitrogens with zero attached hydrogens (tertiary/aromatic N) is 1. The van der Waals surface area contributed by atoms with E-state index >= 15 is 0 Å². The van der Waals surface area contributed by atoms with Crippen molar-refractivity contribution < 1.29 is 12.0 Å². The van der Waals surface area contributed by atoms with Crippen molar-refractivity contribution in [2.75, 3.05) is 20.1 Å². The number of hydrogen-bond donors (Lipinski definition) is 1. The lowest BCUT2D eigenvalue weighted by atomic mass is 10.2. The Morgan fingerprint density at radius 1 is 2.00 bits per heavy atom. The fourth-order valence-corrected chi connectivity index (χ4v) is 1.15. The second-order valence-corrected chi connectivity index (χ2v) is 2.35. The molecule has 2 heteroatoms. The third-order valence-electron chi connectivity index (χ3n) is 1.70. The van der Waals surface area contributed by atoms with Crippen molar-refractivity contribution in [3.05, 3.63) is 0 Å². The molecule has 0 aromatic heterocycles. The number of rotatable bonds is 2. The minimum absolute atomic E-state index is 0.134. The summed E-state index contributed by atoms with van der Waals surface area (Å²) < 4.78 is 35.7. The third kappa shape index (κ3) is 1.66. The monoisotopic (exact) mass is 134 g/mol. The van der Waals surface area contributed by atoms with Crippen LogP contribution in [0, 0.1) is 0 Å². The van der Waals surface area contributed by atoms with Gasteiger partial charge in [0.05, 0.1) is 2.74 Å². The van der Waals surface area contributed by atoms with E-state index in [-0.39, 0.29) is 12.5 Å². The molecule has 1 rings (SSSR count). The molecule has 0 aromatic rings. The highest BCUT2D eigenvalue weighted by Crippen LogP contribution is 2.16. The maximum Gasteiger partial charge on any atom is 0.0564 e. The van der Waals surface area contributed by atoms with Crippen LogP contribution in [0.25, 0.3) is 0 Å². The van der Waals surface area contributed by atoms with E-state index in [1.165, 1.54) is 4.90 Å². The zero-order valence-electron chi connectivity index (χ0n) is 10.3. The van der Waals surface area contributed by atoms with Crippen LogP contribution in [0.2, 0.25) is 0 Å². The SMILES string of the molecule is [2H]C([2H])(O)C[C@H]1CCCN1C([2H])([2H])[2H]. The number of aliphatic hydroxyl groups is 1. The molecule has 54 valence electrons. The summed E-state index contributed by atoms with van der Waals surface area (Å²) in [5.41, 5.74) is 0. The summed E-state index contributed by atoms with van der Waals surface area (Å²) in [6.45, 7) is -4.00. The Balaban J connectivity index is 2.61. The van der Waals surface area contributed by atoms with Crippen LogP contribution in [0.1, 0.15) is 26.1 Å². The Hall–Kier alpha value is -0.0800. The highest BCUT2D eigenvalue weighted by molar-refractivity contribution is 4.75. The van der Waals surface area contributed by atoms with Gasteiger partial charge >= 0.3 is 0 Å². The topological polar surface area (TPSA) is 23.5 Å². The molecule has 1 aliphatic rings. The van der Waals surface area contributed by atoms with Gasteiger partial charge in [0.2, 0.25) is 0 Å². The van der Waals surface area contributed by atoms with Crippen LogP contribution in [-0.2, 0) is 0 Å². The van der Waals surface area contributed by atoms with Gasteiger partial charge in [-0.2, -0.15) is 0 Å². The van der Waals surface area contributed by atoms with E-state index in [9.17, 15) is 0 Å². The van der Waals surface area contributed by atoms with Gasteiger partial charge < -0.3 is 10.0 Å². The van der Waals surface area contributed by atoms with Gasteiger partial charge in [0.1, 0.15) is 0 Å². The standard InChI is InChI=1S/C7H15NO/c1-8-5-2-3-7(8)4-6-9/h7,9H,2-6H2,1H3/t7-/m1/s1/i1D3,6D2. The Labute approximate surface area is 63.5 Å². The average molecular weight is 134 g/mol. The highest BCUT2D eigenvalue weighted by Gasteiger charge is 2.19. The quantitative estimate of drug-likeness (QED) is 0.593. The summed E-state index contributed by atoms with van der Waals surface area (Å²) in [4.78, 5) is 1.29. The first-order valence-electron chi connectivity index (χ1n) is 5.69. The van der Waals surface area contributed by atoms with Crippen LogP contribution in [0.5, 0.6) is 0 Å². The summed E-state index contributed by atoms with van der Waals surface area (Å²) in [6, 6.07) is -0.373. The molecule has 0 amide bonds. The zero-order valence-corrected chi connectivity index (χ0v) is 5.30. The molecule has 0 bridgehead atoms. The largest absolute Gasteiger partial charge is 0.396 e. The van der Waals surface area contributed by atoms with Crippen molar-refractivity contribution in [2.45, 2.75) is 25.3 Å². The maximum absolute atomic E-state index is 8.98. The van der Waals surface area contributed by atoms with Crippen molar-refractivity contribution in [2.24, 2.45) is 0 Å². The smallest absolute Gasteiger partial charge is 0.0564 e. The molecule has 0 aromatic carbocycles. The molecule has 0 unspecified atom stereocenters. The first kappa shape index (κ1) is 2.89. The molecule has 0 aliphatic carbocycles. The average Bonchev–Trinajstić information content (AvgIpc) is 2.29. The lowest BCUT2D eigenvalue weighted by Crippen LogP contribution is -2.25. The van der Waals surface area contributed by atoms with Crippen LogP contribution in [0.15, 0.2) is 0 Å². The lowest BCUT2D eigenvalue weighted by molar-refractivity contribution is 0.220. The molecule has 0 spiro atoms. The lowest BCUT2D eigenvalue weighted by Gasteiger charge is -2.17. The zero-order chi connectivity index (χ0) is 11.0. The number of hydrogen-bond acceptors (Lipinski definition) is 2. The van der Waals surface area contributed by atoms with E-state index in [1.807, 2.05) is 0 Å². The molecule has 1 heterocycles. The third-order valence-corrected chi connectivity index (χ3v) is 1.70. The molecule has 1 N–H and O–H groups in total. The maximum atomic E-state index is 8.98. The summed E-state index contributed by atoms with van der Waals surface area (Å²) >= 11 is 0. The summed E-state index contributed by atoms with van der Waals surface area (Å²) in [6.07, 6.45) is 1.25. The second-order valence-electron chi connectivity index (χ2n) is 2.35. The molecule has 1 aliphatic heterocycles.